The van der Waals surface area contributed by atoms with Gasteiger partial charge in [-0.3, -0.25) is 49.0 Å². The van der Waals surface area contributed by atoms with Gasteiger partial charge in [0, 0.05) is 48.3 Å². The number of hydrogen-bond acceptors (Lipinski definition) is 29. The van der Waals surface area contributed by atoms with Crippen molar-refractivity contribution in [2.75, 3.05) is 87.2 Å². The third-order valence-electron chi connectivity index (χ3n) is 19.6. The smallest absolute Gasteiger partial charge is 0.373 e. The van der Waals surface area contributed by atoms with Gasteiger partial charge in [-0.25, -0.2) is 18.4 Å². The Morgan fingerprint density at radius 1 is 0.475 bits per heavy atom. The number of nitro benzene ring substituents is 2. The lowest BCUT2D eigenvalue weighted by Crippen LogP contribution is -2.41. The SMILES string of the molecule is COc1ccc(N(C)CC(=O)O)c(O[C@@H]2CCC[C@@H]2Oc2cc([N+](=O)[O-])c(COc3cc4c(cc3F)C3(OC(=O)c5cc(C(=O)O)ccc53)c3cc(F)c(OCc5cc(N(C)CC(=O)O)c(O[C@H]6CCC[C@H]6Oc6cc(OC)ccc6N(CC(=O)O)CC(=O)O)cc5[N+](=O)[O-])cc3C4(C)C)cc2N(CC(=O)O)CC(=O)O)c1.O=C=O.O=C=O. The molecule has 0 aromatic heterocycles. The van der Waals surface area contributed by atoms with Crippen LogP contribution in [0.5, 0.6) is 46.0 Å². The van der Waals surface area contributed by atoms with Gasteiger partial charge in [-0.1, -0.05) is 19.9 Å². The van der Waals surface area contributed by atoms with Crippen LogP contribution < -0.4 is 57.5 Å². The van der Waals surface area contributed by atoms with Crippen LogP contribution in [0.1, 0.15) is 112 Å². The van der Waals surface area contributed by atoms with Gasteiger partial charge in [-0.2, -0.15) is 19.2 Å². The molecule has 2 saturated carbocycles. The molecule has 0 saturated heterocycles. The number of fused-ring (bicyclic) bond motifs is 6. The number of carboxylic acids is 7. The van der Waals surface area contributed by atoms with Crippen molar-refractivity contribution < 1.29 is 155 Å². The van der Waals surface area contributed by atoms with Crippen molar-refractivity contribution in [3.63, 3.8) is 0 Å². The average molecular weight is 1650 g/mol. The van der Waals surface area contributed by atoms with E-state index < -0.39 is 180 Å². The van der Waals surface area contributed by atoms with E-state index in [1.165, 1.54) is 86.6 Å². The molecule has 38 nitrogen and oxygen atoms in total. The second kappa shape index (κ2) is 37.1. The zero-order valence-electron chi connectivity index (χ0n) is 63.3. The minimum atomic E-state index is -2.32. The number of carbonyl (C=O) groups is 8. The predicted octanol–water partition coefficient (Wildman–Crippen LogP) is 8.34. The van der Waals surface area contributed by atoms with Crippen LogP contribution in [-0.2, 0) is 76.9 Å². The number of nitrogens with zero attached hydrogens (tertiary/aromatic N) is 6. The van der Waals surface area contributed by atoms with Gasteiger partial charge < -0.3 is 98.0 Å². The molecule has 2 fully saturated rings. The van der Waals surface area contributed by atoms with Gasteiger partial charge in [0.05, 0.1) is 81.2 Å². The van der Waals surface area contributed by atoms with E-state index in [1.54, 1.807) is 26.0 Å². The molecule has 4 aliphatic rings. The number of carboxylic acid groups (broad SMARTS) is 7. The lowest BCUT2D eigenvalue weighted by atomic mass is 9.61. The van der Waals surface area contributed by atoms with Crippen molar-refractivity contribution in [3.05, 3.63) is 185 Å². The largest absolute Gasteiger partial charge is 0.497 e. The van der Waals surface area contributed by atoms with E-state index in [9.17, 15) is 94.3 Å². The van der Waals surface area contributed by atoms with Crippen molar-refractivity contribution in [1.29, 1.82) is 0 Å². The number of hydrogen-bond donors (Lipinski definition) is 7. The fourth-order valence-corrected chi connectivity index (χ4v) is 14.5. The summed E-state index contributed by atoms with van der Waals surface area (Å²) in [5.74, 6) is -14.3. The molecule has 1 heterocycles. The van der Waals surface area contributed by atoms with E-state index in [0.717, 1.165) is 52.3 Å². The topological polar surface area (TPSA) is 529 Å². The number of aliphatic carboxylic acids is 6. The number of ether oxygens (including phenoxy) is 9. The summed E-state index contributed by atoms with van der Waals surface area (Å²) < 4.78 is 90.2. The number of benzene rings is 7. The maximum atomic E-state index is 17.5. The van der Waals surface area contributed by atoms with Crippen molar-refractivity contribution in [2.24, 2.45) is 0 Å². The van der Waals surface area contributed by atoms with Crippen molar-refractivity contribution in [3.8, 4) is 46.0 Å². The molecular weight excluding hydrogens is 1570 g/mol. The molecule has 7 aromatic rings. The Hall–Kier alpha value is -14.7. The van der Waals surface area contributed by atoms with Crippen LogP contribution in [-0.4, -0.2) is 198 Å². The fraction of sp³-hybridized carbons (Fsp3) is 0.333. The number of aromatic carboxylic acids is 1. The first-order chi connectivity index (χ1) is 55.9. The van der Waals surface area contributed by atoms with Gasteiger partial charge in [0.1, 0.15) is 111 Å². The normalized spacial score (nSPS) is 16.7. The quantitative estimate of drug-likeness (QED) is 0.0111. The van der Waals surface area contributed by atoms with Gasteiger partial charge in [-0.15, -0.1) is 0 Å². The molecule has 0 amide bonds. The van der Waals surface area contributed by atoms with E-state index in [1.807, 2.05) is 0 Å². The number of carbonyl (C=O) groups excluding carboxylic acids is 5. The number of methoxy groups -OCH3 is 2. The molecule has 1 spiro atoms. The minimum Gasteiger partial charge on any atom is -0.497 e. The highest BCUT2D eigenvalue weighted by atomic mass is 19.1. The maximum absolute atomic E-state index is 17.5. The summed E-state index contributed by atoms with van der Waals surface area (Å²) in [5.41, 5.74) is -6.72. The van der Waals surface area contributed by atoms with E-state index in [2.05, 4.69) is 0 Å². The molecule has 1 aliphatic heterocycles. The van der Waals surface area contributed by atoms with Crippen LogP contribution >= 0.6 is 0 Å². The molecule has 11 rings (SSSR count). The Morgan fingerprint density at radius 2 is 0.839 bits per heavy atom. The molecule has 5 atom stereocenters. The van der Waals surface area contributed by atoms with E-state index >= 15 is 8.78 Å². The van der Waals surface area contributed by atoms with Gasteiger partial charge in [0.25, 0.3) is 11.4 Å². The summed E-state index contributed by atoms with van der Waals surface area (Å²) >= 11 is 0. The number of rotatable bonds is 35. The summed E-state index contributed by atoms with van der Waals surface area (Å²) in [5, 5.41) is 95.8. The van der Waals surface area contributed by atoms with Crippen LogP contribution in [0.15, 0.2) is 103 Å². The molecule has 1 unspecified atom stereocenters. The first-order valence-corrected chi connectivity index (χ1v) is 35.3. The third kappa shape index (κ3) is 19.4. The third-order valence-corrected chi connectivity index (χ3v) is 19.6. The molecule has 7 aromatic carbocycles. The monoisotopic (exact) mass is 1640 g/mol. The molecular formula is C78H74F2N6O32. The Bertz CT molecular complexity index is 5160. The Balaban J connectivity index is 0.00000257. The number of anilines is 4. The van der Waals surface area contributed by atoms with Crippen LogP contribution in [0.2, 0.25) is 0 Å². The van der Waals surface area contributed by atoms with Crippen molar-refractivity contribution in [1.82, 2.24) is 0 Å². The minimum absolute atomic E-state index is 0.00636. The molecule has 7 N–H and O–H groups in total. The summed E-state index contributed by atoms with van der Waals surface area (Å²) in [4.78, 5) is 161. The first-order valence-electron chi connectivity index (χ1n) is 35.3. The lowest BCUT2D eigenvalue weighted by Gasteiger charge is -2.44. The maximum Gasteiger partial charge on any atom is 0.373 e. The van der Waals surface area contributed by atoms with Gasteiger partial charge in [-0.05, 0) is 122 Å². The van der Waals surface area contributed by atoms with Crippen molar-refractivity contribution >= 4 is 94.2 Å². The summed E-state index contributed by atoms with van der Waals surface area (Å²) in [6.07, 6.45) is -1.13. The Morgan fingerprint density at radius 3 is 1.23 bits per heavy atom. The molecule has 3 aliphatic carbocycles. The molecule has 622 valence electrons. The number of esters is 1. The van der Waals surface area contributed by atoms with Crippen molar-refractivity contribution in [2.45, 2.75) is 101 Å². The highest BCUT2D eigenvalue weighted by Crippen LogP contribution is 2.59. The van der Waals surface area contributed by atoms with E-state index in [0.29, 0.717) is 37.1 Å². The zero-order valence-corrected chi connectivity index (χ0v) is 63.3. The Kier molecular flexibility index (Phi) is 27.4. The second-order valence-corrected chi connectivity index (χ2v) is 27.5. The highest BCUT2D eigenvalue weighted by Gasteiger charge is 2.57. The zero-order chi connectivity index (χ0) is 86.5. The fourth-order valence-electron chi connectivity index (χ4n) is 14.5. The molecule has 0 bridgehead atoms. The van der Waals surface area contributed by atoms with Gasteiger partial charge in [0.2, 0.25) is 0 Å². The van der Waals surface area contributed by atoms with Gasteiger partial charge >= 0.3 is 60.1 Å². The summed E-state index contributed by atoms with van der Waals surface area (Å²) in [6, 6.07) is 20.7. The summed E-state index contributed by atoms with van der Waals surface area (Å²) in [7, 11) is 5.62. The van der Waals surface area contributed by atoms with E-state index in [-0.39, 0.29) is 121 Å². The highest BCUT2D eigenvalue weighted by molar-refractivity contribution is 6.00. The van der Waals surface area contributed by atoms with Gasteiger partial charge in [0.15, 0.2) is 28.7 Å². The molecule has 0 radical (unpaired) electrons. The number of nitro groups is 2. The summed E-state index contributed by atoms with van der Waals surface area (Å²) in [6.45, 7) is -3.18. The van der Waals surface area contributed by atoms with E-state index in [4.69, 9.17) is 61.8 Å². The van der Waals surface area contributed by atoms with Crippen LogP contribution in [0.3, 0.4) is 0 Å². The first kappa shape index (κ1) is 87.3. The van der Waals surface area contributed by atoms with Crippen LogP contribution in [0.25, 0.3) is 0 Å². The second-order valence-electron chi connectivity index (χ2n) is 27.5. The average Bonchev–Trinajstić information content (AvgIpc) is 1.38. The molecule has 118 heavy (non-hydrogen) atoms. The lowest BCUT2D eigenvalue weighted by molar-refractivity contribution is -0.386. The standard InChI is InChI=1S/C76H74F2N6O28.2CO2/c1-75(2)45-26-61(106-36-39-20-55(80(4)31-68(87)88)65(28-53(39)83(100)101)110-59-11-8-10-58(59)109-64-23-42(105-6)15-18-52(64)81(32-69(89)90)33-70(91)92)49(77)24-47(45)76(44-16-13-38(73(97)98)19-43(44)74(99)112-76)48-25-50(78)62(27-46(48)75)107-37-40-21-56(82(34-71(93)94)35-72(95)96)66(29-54(40)84(102)103)111-60-12-7-9-57(60)108-63-22-41(104-5)14-17-51(63)79(3)30-67(85)86;2*2-1-3/h13-29,57-60H,7-12,30-37H2,1-6H3,(H,85,86)(H,87,88)(H,89,90)(H,91,92)(H,93,94)(H,95,96)(H,97,98);;/t57-,58-,59+,60+,76?;;/m1../s1. The number of likely N-dealkylation sites (N-methyl/N-ethyl adjacent to an activating group) is 2. The van der Waals surface area contributed by atoms with Crippen LogP contribution in [0, 0.1) is 31.9 Å². The van der Waals surface area contributed by atoms with Crippen LogP contribution in [0.4, 0.5) is 42.9 Å². The number of halogens is 2. The Labute approximate surface area is 665 Å². The molecule has 40 heteroatoms. The predicted molar refractivity (Wildman–Crippen MR) is 397 cm³/mol.